The Morgan fingerprint density at radius 3 is 2.30 bits per heavy atom. The third kappa shape index (κ3) is 5.55. The van der Waals surface area contributed by atoms with Crippen molar-refractivity contribution in [3.63, 3.8) is 0 Å². The number of ketones is 1. The maximum Gasteiger partial charge on any atom is 0.338 e. The molecule has 1 aliphatic heterocycles. The number of pyridine rings is 1. The molecule has 10 nitrogen and oxygen atoms in total. The summed E-state index contributed by atoms with van der Waals surface area (Å²) < 4.78 is 5.11. The third-order valence-electron chi connectivity index (χ3n) is 6.18. The molecule has 1 unspecified atom stereocenters. The summed E-state index contributed by atoms with van der Waals surface area (Å²) in [7, 11) is 0. The van der Waals surface area contributed by atoms with Crippen LogP contribution in [0.1, 0.15) is 63.6 Å². The second kappa shape index (κ2) is 11.8. The van der Waals surface area contributed by atoms with E-state index in [9.17, 15) is 29.7 Å². The lowest BCUT2D eigenvalue weighted by molar-refractivity contribution is -0.121. The van der Waals surface area contributed by atoms with Crippen LogP contribution in [-0.4, -0.2) is 40.4 Å². The van der Waals surface area contributed by atoms with E-state index in [1.807, 2.05) is 19.9 Å². The normalized spacial score (nSPS) is 14.6. The number of nitriles is 2. The van der Waals surface area contributed by atoms with Crippen molar-refractivity contribution in [3.05, 3.63) is 82.4 Å². The predicted octanol–water partition coefficient (Wildman–Crippen LogP) is 3.99. The van der Waals surface area contributed by atoms with Crippen molar-refractivity contribution in [2.75, 3.05) is 17.2 Å². The molecule has 1 saturated heterocycles. The number of imide groups is 1. The average Bonchev–Trinajstić information content (AvgIpc) is 3.23. The molecule has 1 atom stereocenters. The Morgan fingerprint density at radius 2 is 1.70 bits per heavy atom. The minimum absolute atomic E-state index is 0.0470. The highest BCUT2D eigenvalue weighted by atomic mass is 32.2. The molecule has 40 heavy (non-hydrogen) atoms. The monoisotopic (exact) mass is 553 g/mol. The molecular formula is C29H23N5O5S. The first-order valence-corrected chi connectivity index (χ1v) is 13.1. The maximum atomic E-state index is 13.2. The second-order valence-electron chi connectivity index (χ2n) is 9.13. The number of amides is 2. The zero-order valence-corrected chi connectivity index (χ0v) is 22.4. The molecular weight excluding hydrogens is 530 g/mol. The molecule has 2 aromatic carbocycles. The van der Waals surface area contributed by atoms with E-state index in [4.69, 9.17) is 10.5 Å². The molecule has 0 bridgehead atoms. The molecule has 2 N–H and O–H groups in total. The lowest BCUT2D eigenvalue weighted by atomic mass is 9.94. The van der Waals surface area contributed by atoms with Gasteiger partial charge >= 0.3 is 5.97 Å². The number of rotatable bonds is 8. The van der Waals surface area contributed by atoms with Gasteiger partial charge in [0.15, 0.2) is 12.4 Å². The first kappa shape index (κ1) is 28.0. The van der Waals surface area contributed by atoms with Crippen molar-refractivity contribution >= 4 is 46.8 Å². The highest BCUT2D eigenvalue weighted by Gasteiger charge is 2.41. The Kier molecular flexibility index (Phi) is 8.27. The van der Waals surface area contributed by atoms with Gasteiger partial charge in [-0.05, 0) is 35.7 Å². The van der Waals surface area contributed by atoms with Gasteiger partial charge in [0, 0.05) is 12.0 Å². The average molecular weight is 554 g/mol. The number of carbonyl (C=O) groups excluding carboxylic acids is 4. The quantitative estimate of drug-likeness (QED) is 0.245. The van der Waals surface area contributed by atoms with E-state index < -0.39 is 29.6 Å². The van der Waals surface area contributed by atoms with Gasteiger partial charge in [-0.2, -0.15) is 10.5 Å². The Bertz CT molecular complexity index is 1590. The lowest BCUT2D eigenvalue weighted by Gasteiger charge is -2.17. The minimum atomic E-state index is -0.868. The topological polar surface area (TPSA) is 167 Å². The standard InChI is InChI=1S/C29H23N5O5S/c1-16(2)25-20(13-30)26(32)33-27(21(25)14-31)40-23-12-24(36)34(28(23)37)19-10-8-18(9-11-19)29(38)39-15-22(35)17-6-4-3-5-7-17/h3-11,16,23H,12,15H2,1-2H3,(H2,32,33). The van der Waals surface area contributed by atoms with E-state index in [0.29, 0.717) is 11.1 Å². The zero-order chi connectivity index (χ0) is 29.0. The number of nitrogens with zero attached hydrogens (tertiary/aromatic N) is 4. The number of esters is 1. The van der Waals surface area contributed by atoms with Crippen molar-refractivity contribution in [2.24, 2.45) is 0 Å². The summed E-state index contributed by atoms with van der Waals surface area (Å²) in [6, 6.07) is 18.2. The highest BCUT2D eigenvalue weighted by Crippen LogP contribution is 2.38. The zero-order valence-electron chi connectivity index (χ0n) is 21.6. The molecule has 1 fully saturated rings. The Morgan fingerprint density at radius 1 is 1.05 bits per heavy atom. The number of benzene rings is 2. The lowest BCUT2D eigenvalue weighted by Crippen LogP contribution is -2.31. The van der Waals surface area contributed by atoms with Crippen LogP contribution in [0.2, 0.25) is 0 Å². The number of carbonyl (C=O) groups is 4. The van der Waals surface area contributed by atoms with Gasteiger partial charge in [0.2, 0.25) is 11.8 Å². The summed E-state index contributed by atoms with van der Waals surface area (Å²) in [5.41, 5.74) is 7.52. The number of aromatic nitrogens is 1. The van der Waals surface area contributed by atoms with E-state index in [2.05, 4.69) is 11.1 Å². The van der Waals surface area contributed by atoms with Crippen molar-refractivity contribution in [1.29, 1.82) is 10.5 Å². The summed E-state index contributed by atoms with van der Waals surface area (Å²) in [6.45, 7) is 3.21. The van der Waals surface area contributed by atoms with E-state index in [1.165, 1.54) is 24.3 Å². The fourth-order valence-corrected chi connectivity index (χ4v) is 5.38. The van der Waals surface area contributed by atoms with Crippen LogP contribution < -0.4 is 10.6 Å². The van der Waals surface area contributed by atoms with Crippen LogP contribution >= 0.6 is 11.8 Å². The Labute approximate surface area is 234 Å². The highest BCUT2D eigenvalue weighted by molar-refractivity contribution is 8.00. The molecule has 0 aliphatic carbocycles. The van der Waals surface area contributed by atoms with Gasteiger partial charge < -0.3 is 10.5 Å². The van der Waals surface area contributed by atoms with E-state index in [1.54, 1.807) is 30.3 Å². The van der Waals surface area contributed by atoms with Crippen LogP contribution in [0.4, 0.5) is 11.5 Å². The smallest absolute Gasteiger partial charge is 0.338 e. The molecule has 200 valence electrons. The Hall–Kier alpha value is -5.00. The van der Waals surface area contributed by atoms with Gasteiger partial charge in [0.1, 0.15) is 23.0 Å². The first-order valence-electron chi connectivity index (χ1n) is 12.2. The molecule has 11 heteroatoms. The van der Waals surface area contributed by atoms with Crippen LogP contribution in [0.5, 0.6) is 0 Å². The fourth-order valence-electron chi connectivity index (χ4n) is 4.26. The van der Waals surface area contributed by atoms with Crippen LogP contribution in [0.15, 0.2) is 59.6 Å². The summed E-state index contributed by atoms with van der Waals surface area (Å²) in [5.74, 6) is -2.30. The van der Waals surface area contributed by atoms with Crippen LogP contribution in [0, 0.1) is 22.7 Å². The van der Waals surface area contributed by atoms with Crippen molar-refractivity contribution < 1.29 is 23.9 Å². The molecule has 4 rings (SSSR count). The number of nitrogen functional groups attached to an aromatic ring is 1. The number of nitrogens with two attached hydrogens (primary N) is 1. The molecule has 0 saturated carbocycles. The predicted molar refractivity (Wildman–Crippen MR) is 146 cm³/mol. The van der Waals surface area contributed by atoms with E-state index >= 15 is 0 Å². The van der Waals surface area contributed by atoms with Crippen LogP contribution in [-0.2, 0) is 14.3 Å². The summed E-state index contributed by atoms with van der Waals surface area (Å²) >= 11 is 0.952. The SMILES string of the molecule is CC(C)c1c(C#N)c(N)nc(SC2CC(=O)N(c3ccc(C(=O)OCC(=O)c4ccccc4)cc3)C2=O)c1C#N. The van der Waals surface area contributed by atoms with Gasteiger partial charge in [-0.3, -0.25) is 14.4 Å². The molecule has 3 aromatic rings. The largest absolute Gasteiger partial charge is 0.454 e. The van der Waals surface area contributed by atoms with Gasteiger partial charge in [-0.1, -0.05) is 55.9 Å². The van der Waals surface area contributed by atoms with E-state index in [-0.39, 0.29) is 51.3 Å². The second-order valence-corrected chi connectivity index (χ2v) is 10.3. The number of anilines is 2. The van der Waals surface area contributed by atoms with Gasteiger partial charge in [0.25, 0.3) is 0 Å². The van der Waals surface area contributed by atoms with Crippen molar-refractivity contribution in [2.45, 2.75) is 36.5 Å². The molecule has 2 heterocycles. The van der Waals surface area contributed by atoms with Crippen molar-refractivity contribution in [1.82, 2.24) is 4.98 Å². The fraction of sp³-hybridized carbons (Fsp3) is 0.207. The number of ether oxygens (including phenoxy) is 1. The number of thioether (sulfide) groups is 1. The minimum Gasteiger partial charge on any atom is -0.454 e. The molecule has 0 radical (unpaired) electrons. The third-order valence-corrected chi connectivity index (χ3v) is 7.35. The number of hydrogen-bond donors (Lipinski definition) is 1. The summed E-state index contributed by atoms with van der Waals surface area (Å²) in [5, 5.41) is 18.6. The van der Waals surface area contributed by atoms with Gasteiger partial charge in [-0.25, -0.2) is 14.7 Å². The molecule has 2 amide bonds. The molecule has 0 spiro atoms. The number of Topliss-reactive ketones (excluding diaryl/α,β-unsaturated/α-hetero) is 1. The molecule has 1 aromatic heterocycles. The maximum absolute atomic E-state index is 13.2. The van der Waals surface area contributed by atoms with Crippen molar-refractivity contribution in [3.8, 4) is 12.1 Å². The Balaban J connectivity index is 1.48. The molecule has 1 aliphatic rings. The van der Waals surface area contributed by atoms with Crippen LogP contribution in [0.25, 0.3) is 0 Å². The van der Waals surface area contributed by atoms with Gasteiger partial charge in [0.05, 0.1) is 27.6 Å². The number of hydrogen-bond acceptors (Lipinski definition) is 10. The van der Waals surface area contributed by atoms with Crippen LogP contribution in [0.3, 0.4) is 0 Å². The van der Waals surface area contributed by atoms with Gasteiger partial charge in [-0.15, -0.1) is 0 Å². The first-order chi connectivity index (χ1) is 19.2. The summed E-state index contributed by atoms with van der Waals surface area (Å²) in [4.78, 5) is 55.9. The van der Waals surface area contributed by atoms with E-state index in [0.717, 1.165) is 16.7 Å². The summed E-state index contributed by atoms with van der Waals surface area (Å²) in [6.07, 6.45) is -0.141.